The molecule has 1 atom stereocenters. The second-order valence-electron chi connectivity index (χ2n) is 7.62. The van der Waals surface area contributed by atoms with E-state index in [-0.39, 0.29) is 12.4 Å². The fraction of sp³-hybridized carbons (Fsp3) is 0.391. The lowest BCUT2D eigenvalue weighted by Gasteiger charge is -2.34. The zero-order chi connectivity index (χ0) is 21.3. The SMILES string of the molecule is CN1Cc2ccccc2CC1CNC(=O)CN1CCOc2ccccc2C1.O=CO. The molecule has 0 bridgehead atoms. The summed E-state index contributed by atoms with van der Waals surface area (Å²) in [5, 5.41) is 10.0. The van der Waals surface area contributed by atoms with Gasteiger partial charge in [0.25, 0.3) is 6.47 Å². The molecule has 30 heavy (non-hydrogen) atoms. The van der Waals surface area contributed by atoms with Gasteiger partial charge in [0.1, 0.15) is 12.4 Å². The maximum atomic E-state index is 12.5. The molecule has 7 heteroatoms. The molecular weight excluding hydrogens is 382 g/mol. The van der Waals surface area contributed by atoms with Crippen LogP contribution in [0.4, 0.5) is 0 Å². The van der Waals surface area contributed by atoms with Crippen molar-refractivity contribution in [2.75, 3.05) is 33.3 Å². The minimum Gasteiger partial charge on any atom is -0.492 e. The first-order valence-corrected chi connectivity index (χ1v) is 10.2. The van der Waals surface area contributed by atoms with Gasteiger partial charge in [-0.05, 0) is 30.7 Å². The lowest BCUT2D eigenvalue weighted by molar-refractivity contribution is -0.123. The minimum absolute atomic E-state index is 0.0849. The van der Waals surface area contributed by atoms with Crippen molar-refractivity contribution in [1.82, 2.24) is 15.1 Å². The summed E-state index contributed by atoms with van der Waals surface area (Å²) in [4.78, 5) is 25.4. The molecule has 160 valence electrons. The Morgan fingerprint density at radius 2 is 1.80 bits per heavy atom. The van der Waals surface area contributed by atoms with Crippen molar-refractivity contribution in [1.29, 1.82) is 0 Å². The van der Waals surface area contributed by atoms with Gasteiger partial charge < -0.3 is 15.2 Å². The van der Waals surface area contributed by atoms with Crippen LogP contribution in [-0.4, -0.2) is 66.6 Å². The summed E-state index contributed by atoms with van der Waals surface area (Å²) in [7, 11) is 2.13. The third kappa shape index (κ3) is 5.81. The lowest BCUT2D eigenvalue weighted by Crippen LogP contribution is -2.47. The van der Waals surface area contributed by atoms with Crippen molar-refractivity contribution in [3.05, 3.63) is 65.2 Å². The number of nitrogens with zero attached hydrogens (tertiary/aromatic N) is 2. The van der Waals surface area contributed by atoms with E-state index in [2.05, 4.69) is 52.5 Å². The molecule has 0 spiro atoms. The van der Waals surface area contributed by atoms with Crippen LogP contribution in [0.1, 0.15) is 16.7 Å². The molecule has 7 nitrogen and oxygen atoms in total. The van der Waals surface area contributed by atoms with E-state index in [4.69, 9.17) is 14.6 Å². The second kappa shape index (κ2) is 10.8. The molecule has 2 N–H and O–H groups in total. The number of likely N-dealkylation sites (N-methyl/N-ethyl adjacent to an activating group) is 1. The van der Waals surface area contributed by atoms with Gasteiger partial charge in [-0.1, -0.05) is 42.5 Å². The Hall–Kier alpha value is -2.90. The molecule has 0 radical (unpaired) electrons. The van der Waals surface area contributed by atoms with Gasteiger partial charge in [0.15, 0.2) is 0 Å². The third-order valence-corrected chi connectivity index (χ3v) is 5.55. The first-order valence-electron chi connectivity index (χ1n) is 10.2. The van der Waals surface area contributed by atoms with E-state index >= 15 is 0 Å². The van der Waals surface area contributed by atoms with Gasteiger partial charge in [-0.25, -0.2) is 0 Å². The highest BCUT2D eigenvalue weighted by molar-refractivity contribution is 5.78. The standard InChI is InChI=1S/C22H27N3O2.CH2O2/c1-24-14-18-7-3-2-6-17(18)12-20(24)13-23-22(26)16-25-10-11-27-21-9-5-4-8-19(21)15-25;2-1-3/h2-9,20H,10-16H2,1H3,(H,23,26);1H,(H,2,3). The predicted octanol–water partition coefficient (Wildman–Crippen LogP) is 1.75. The number of ether oxygens (including phenoxy) is 1. The van der Waals surface area contributed by atoms with Crippen LogP contribution in [0.15, 0.2) is 48.5 Å². The number of fused-ring (bicyclic) bond motifs is 2. The topological polar surface area (TPSA) is 82.1 Å². The van der Waals surface area contributed by atoms with Gasteiger partial charge in [0.2, 0.25) is 5.91 Å². The molecule has 1 amide bonds. The number of rotatable bonds is 4. The van der Waals surface area contributed by atoms with Crippen molar-refractivity contribution in [3.8, 4) is 5.75 Å². The molecule has 2 aromatic carbocycles. The number of hydrogen-bond acceptors (Lipinski definition) is 5. The average molecular weight is 412 g/mol. The third-order valence-electron chi connectivity index (χ3n) is 5.55. The number of hydrogen-bond donors (Lipinski definition) is 2. The Bertz CT molecular complexity index is 858. The second-order valence-corrected chi connectivity index (χ2v) is 7.62. The molecule has 0 saturated heterocycles. The number of nitrogens with one attached hydrogen (secondary N) is 1. The maximum Gasteiger partial charge on any atom is 0.290 e. The molecule has 0 fully saturated rings. The van der Waals surface area contributed by atoms with Crippen molar-refractivity contribution in [2.45, 2.75) is 25.6 Å². The van der Waals surface area contributed by atoms with Gasteiger partial charge in [0.05, 0.1) is 6.54 Å². The number of benzene rings is 2. The van der Waals surface area contributed by atoms with Crippen LogP contribution in [0.3, 0.4) is 0 Å². The van der Waals surface area contributed by atoms with Gasteiger partial charge in [-0.2, -0.15) is 0 Å². The Morgan fingerprint density at radius 3 is 2.57 bits per heavy atom. The van der Waals surface area contributed by atoms with E-state index in [1.54, 1.807) is 0 Å². The van der Waals surface area contributed by atoms with E-state index in [0.717, 1.165) is 37.4 Å². The fourth-order valence-corrected chi connectivity index (χ4v) is 3.95. The van der Waals surface area contributed by atoms with Crippen molar-refractivity contribution in [3.63, 3.8) is 0 Å². The molecule has 2 aliphatic rings. The molecule has 4 rings (SSSR count). The summed E-state index contributed by atoms with van der Waals surface area (Å²) < 4.78 is 5.78. The average Bonchev–Trinajstić information content (AvgIpc) is 2.94. The van der Waals surface area contributed by atoms with E-state index in [0.29, 0.717) is 25.7 Å². The largest absolute Gasteiger partial charge is 0.492 e. The summed E-state index contributed by atoms with van der Waals surface area (Å²) in [6.07, 6.45) is 0.984. The highest BCUT2D eigenvalue weighted by Gasteiger charge is 2.24. The molecule has 0 aliphatic carbocycles. The van der Waals surface area contributed by atoms with Gasteiger partial charge >= 0.3 is 0 Å². The van der Waals surface area contributed by atoms with Gasteiger partial charge in [0, 0.05) is 37.8 Å². The smallest absolute Gasteiger partial charge is 0.290 e. The maximum absolute atomic E-state index is 12.5. The first-order chi connectivity index (χ1) is 14.6. The zero-order valence-electron chi connectivity index (χ0n) is 17.3. The quantitative estimate of drug-likeness (QED) is 0.746. The summed E-state index contributed by atoms with van der Waals surface area (Å²) in [6.45, 7) is 3.91. The molecular formula is C23H29N3O4. The number of para-hydroxylation sites is 1. The van der Waals surface area contributed by atoms with Gasteiger partial charge in [-0.3, -0.25) is 19.4 Å². The molecule has 2 aromatic rings. The summed E-state index contributed by atoms with van der Waals surface area (Å²) in [5.41, 5.74) is 3.94. The Morgan fingerprint density at radius 1 is 1.13 bits per heavy atom. The number of amides is 1. The molecule has 2 heterocycles. The number of carboxylic acid groups (broad SMARTS) is 1. The minimum atomic E-state index is -0.250. The van der Waals surface area contributed by atoms with Crippen molar-refractivity contribution >= 4 is 12.4 Å². The first kappa shape index (κ1) is 21.8. The molecule has 1 unspecified atom stereocenters. The van der Waals surface area contributed by atoms with Crippen molar-refractivity contribution < 1.29 is 19.4 Å². The number of carbonyl (C=O) groups is 2. The number of carbonyl (C=O) groups excluding carboxylic acids is 1. The van der Waals surface area contributed by atoms with Crippen LogP contribution in [0.2, 0.25) is 0 Å². The van der Waals surface area contributed by atoms with E-state index in [1.165, 1.54) is 11.1 Å². The monoisotopic (exact) mass is 411 g/mol. The van der Waals surface area contributed by atoms with E-state index < -0.39 is 0 Å². The Labute approximate surface area is 177 Å². The van der Waals surface area contributed by atoms with Crippen LogP contribution >= 0.6 is 0 Å². The highest BCUT2D eigenvalue weighted by atomic mass is 16.5. The summed E-state index contributed by atoms with van der Waals surface area (Å²) in [6, 6.07) is 17.0. The molecule has 2 aliphatic heterocycles. The molecule has 0 aromatic heterocycles. The normalized spacial score (nSPS) is 18.5. The van der Waals surface area contributed by atoms with Crippen molar-refractivity contribution in [2.24, 2.45) is 0 Å². The fourth-order valence-electron chi connectivity index (χ4n) is 3.95. The van der Waals surface area contributed by atoms with Crippen LogP contribution in [-0.2, 0) is 29.1 Å². The zero-order valence-corrected chi connectivity index (χ0v) is 17.3. The van der Waals surface area contributed by atoms with E-state index in [1.807, 2.05) is 18.2 Å². The summed E-state index contributed by atoms with van der Waals surface area (Å²) in [5.74, 6) is 1.02. The van der Waals surface area contributed by atoms with E-state index in [9.17, 15) is 4.79 Å². The van der Waals surface area contributed by atoms with Crippen LogP contribution in [0.5, 0.6) is 5.75 Å². The Balaban J connectivity index is 0.000000806. The Kier molecular flexibility index (Phi) is 7.82. The summed E-state index contributed by atoms with van der Waals surface area (Å²) >= 11 is 0. The lowest BCUT2D eigenvalue weighted by atomic mass is 9.94. The van der Waals surface area contributed by atoms with Gasteiger partial charge in [-0.15, -0.1) is 0 Å². The van der Waals surface area contributed by atoms with Crippen LogP contribution < -0.4 is 10.1 Å². The molecule has 0 saturated carbocycles. The highest BCUT2D eigenvalue weighted by Crippen LogP contribution is 2.23. The predicted molar refractivity (Wildman–Crippen MR) is 114 cm³/mol. The van der Waals surface area contributed by atoms with Crippen LogP contribution in [0, 0.1) is 0 Å². The van der Waals surface area contributed by atoms with Crippen LogP contribution in [0.25, 0.3) is 0 Å².